The van der Waals surface area contributed by atoms with Gasteiger partial charge in [-0.05, 0) is 6.92 Å². The predicted molar refractivity (Wildman–Crippen MR) is 31.0 cm³/mol. The molecule has 9 heavy (non-hydrogen) atoms. The van der Waals surface area contributed by atoms with E-state index in [1.807, 2.05) is 0 Å². The lowest BCUT2D eigenvalue weighted by molar-refractivity contribution is -0.122. The summed E-state index contributed by atoms with van der Waals surface area (Å²) in [5, 5.41) is 0. The van der Waals surface area contributed by atoms with Crippen LogP contribution in [0.15, 0.2) is 0 Å². The Morgan fingerprint density at radius 2 is 2.11 bits per heavy atom. The summed E-state index contributed by atoms with van der Waals surface area (Å²) >= 11 is 4.98. The number of carbonyl (C=O) groups is 1. The number of rotatable bonds is 3. The second kappa shape index (κ2) is 3.11. The summed E-state index contributed by atoms with van der Waals surface area (Å²) < 4.78 is 23.8. The lowest BCUT2D eigenvalue weighted by atomic mass is 10.2. The Kier molecular flexibility index (Phi) is 3.04. The summed E-state index contributed by atoms with van der Waals surface area (Å²) in [6.07, 6.45) is -0.753. The highest BCUT2D eigenvalue weighted by Gasteiger charge is 2.24. The summed E-state index contributed by atoms with van der Waals surface area (Å²) in [5.74, 6) is -3.86. The maximum atomic E-state index is 11.9. The molecule has 0 aromatic rings. The fourth-order valence-corrected chi connectivity index (χ4v) is 0.488. The monoisotopic (exact) mass is 156 g/mol. The van der Waals surface area contributed by atoms with Gasteiger partial charge in [-0.1, -0.05) is 0 Å². The van der Waals surface area contributed by atoms with Gasteiger partial charge in [-0.3, -0.25) is 4.79 Å². The van der Waals surface area contributed by atoms with Gasteiger partial charge in [-0.2, -0.15) is 0 Å². The molecule has 0 rings (SSSR count). The standard InChI is InChI=1S/C5H7ClF2O/c1-5(7,8)2-4(9)3-6/h2-3H2,1H3. The third kappa shape index (κ3) is 5.69. The molecular weight excluding hydrogens is 150 g/mol. The summed E-state index contributed by atoms with van der Waals surface area (Å²) in [6.45, 7) is 0.692. The molecule has 0 unspecified atom stereocenters. The van der Waals surface area contributed by atoms with Gasteiger partial charge in [0.1, 0.15) is 0 Å². The molecule has 0 aliphatic carbocycles. The van der Waals surface area contributed by atoms with Gasteiger partial charge >= 0.3 is 0 Å². The van der Waals surface area contributed by atoms with Gasteiger partial charge in [0, 0.05) is 0 Å². The molecule has 0 aliphatic heterocycles. The predicted octanol–water partition coefficient (Wildman–Crippen LogP) is 1.84. The average molecular weight is 157 g/mol. The van der Waals surface area contributed by atoms with Crippen LogP contribution in [0.25, 0.3) is 0 Å². The van der Waals surface area contributed by atoms with Gasteiger partial charge in [0.15, 0.2) is 5.78 Å². The van der Waals surface area contributed by atoms with E-state index < -0.39 is 18.1 Å². The first-order valence-corrected chi connectivity index (χ1v) is 2.94. The van der Waals surface area contributed by atoms with E-state index in [0.29, 0.717) is 6.92 Å². The van der Waals surface area contributed by atoms with Crippen LogP contribution < -0.4 is 0 Å². The largest absolute Gasteiger partial charge is 0.298 e. The maximum absolute atomic E-state index is 11.9. The fraction of sp³-hybridized carbons (Fsp3) is 0.800. The van der Waals surface area contributed by atoms with Crippen molar-refractivity contribution in [3.05, 3.63) is 0 Å². The van der Waals surface area contributed by atoms with Gasteiger partial charge in [-0.15, -0.1) is 11.6 Å². The first kappa shape index (κ1) is 8.82. The van der Waals surface area contributed by atoms with E-state index in [2.05, 4.69) is 0 Å². The van der Waals surface area contributed by atoms with E-state index in [4.69, 9.17) is 11.6 Å². The van der Waals surface area contributed by atoms with Crippen molar-refractivity contribution in [2.45, 2.75) is 19.3 Å². The summed E-state index contributed by atoms with van der Waals surface area (Å²) in [5.41, 5.74) is 0. The molecule has 0 radical (unpaired) electrons. The zero-order chi connectivity index (χ0) is 7.49. The molecule has 0 N–H and O–H groups in total. The van der Waals surface area contributed by atoms with Crippen LogP contribution >= 0.6 is 11.6 Å². The van der Waals surface area contributed by atoms with Crippen molar-refractivity contribution in [2.75, 3.05) is 5.88 Å². The lowest BCUT2D eigenvalue weighted by Gasteiger charge is -2.05. The molecule has 0 saturated carbocycles. The van der Waals surface area contributed by atoms with E-state index in [1.54, 1.807) is 0 Å². The third-order valence-electron chi connectivity index (χ3n) is 0.657. The van der Waals surface area contributed by atoms with Crippen molar-refractivity contribution in [1.29, 1.82) is 0 Å². The number of alkyl halides is 3. The van der Waals surface area contributed by atoms with Gasteiger partial charge in [0.25, 0.3) is 5.92 Å². The van der Waals surface area contributed by atoms with Crippen LogP contribution in [-0.4, -0.2) is 17.6 Å². The molecule has 4 heteroatoms. The van der Waals surface area contributed by atoms with Crippen LogP contribution in [0.1, 0.15) is 13.3 Å². The van der Waals surface area contributed by atoms with E-state index in [-0.39, 0.29) is 5.88 Å². The lowest BCUT2D eigenvalue weighted by Crippen LogP contribution is -2.16. The zero-order valence-electron chi connectivity index (χ0n) is 4.96. The average Bonchev–Trinajstić information content (AvgIpc) is 1.62. The molecule has 0 saturated heterocycles. The van der Waals surface area contributed by atoms with Crippen LogP contribution in [0.5, 0.6) is 0 Å². The van der Waals surface area contributed by atoms with E-state index in [0.717, 1.165) is 0 Å². The third-order valence-corrected chi connectivity index (χ3v) is 0.955. The molecule has 0 atom stereocenters. The first-order chi connectivity index (χ1) is 3.95. The van der Waals surface area contributed by atoms with Crippen LogP contribution in [0.4, 0.5) is 8.78 Å². The van der Waals surface area contributed by atoms with Gasteiger partial charge in [0.2, 0.25) is 0 Å². The Labute approximate surface area is 57.0 Å². The minimum atomic E-state index is -2.91. The highest BCUT2D eigenvalue weighted by molar-refractivity contribution is 6.27. The van der Waals surface area contributed by atoms with E-state index in [9.17, 15) is 13.6 Å². The van der Waals surface area contributed by atoms with Crippen LogP contribution in [0.3, 0.4) is 0 Å². The van der Waals surface area contributed by atoms with E-state index in [1.165, 1.54) is 0 Å². The Balaban J connectivity index is 3.60. The van der Waals surface area contributed by atoms with Gasteiger partial charge in [0.05, 0.1) is 12.3 Å². The van der Waals surface area contributed by atoms with Crippen molar-refractivity contribution in [1.82, 2.24) is 0 Å². The molecule has 0 aliphatic rings. The molecule has 1 nitrogen and oxygen atoms in total. The number of Topliss-reactive ketones (excluding diaryl/α,β-unsaturated/α-hetero) is 1. The quantitative estimate of drug-likeness (QED) is 0.570. The van der Waals surface area contributed by atoms with E-state index >= 15 is 0 Å². The van der Waals surface area contributed by atoms with Crippen LogP contribution in [-0.2, 0) is 4.79 Å². The van der Waals surface area contributed by atoms with Gasteiger partial charge in [-0.25, -0.2) is 8.78 Å². The summed E-state index contributed by atoms with van der Waals surface area (Å²) in [4.78, 5) is 10.2. The Morgan fingerprint density at radius 1 is 1.67 bits per heavy atom. The number of hydrogen-bond donors (Lipinski definition) is 0. The number of carbonyl (C=O) groups excluding carboxylic acids is 1. The Morgan fingerprint density at radius 3 is 2.22 bits per heavy atom. The molecule has 0 fully saturated rings. The van der Waals surface area contributed by atoms with Crippen molar-refractivity contribution < 1.29 is 13.6 Å². The zero-order valence-corrected chi connectivity index (χ0v) is 5.71. The Bertz CT molecular complexity index is 108. The topological polar surface area (TPSA) is 17.1 Å². The summed E-state index contributed by atoms with van der Waals surface area (Å²) in [6, 6.07) is 0. The highest BCUT2D eigenvalue weighted by Crippen LogP contribution is 2.16. The minimum Gasteiger partial charge on any atom is -0.298 e. The molecular formula is C5H7ClF2O. The molecule has 0 aromatic heterocycles. The Hall–Kier alpha value is -0.180. The number of hydrogen-bond acceptors (Lipinski definition) is 1. The summed E-state index contributed by atoms with van der Waals surface area (Å²) in [7, 11) is 0. The molecule has 0 spiro atoms. The fourth-order valence-electron chi connectivity index (χ4n) is 0.393. The molecule has 0 aromatic carbocycles. The van der Waals surface area contributed by atoms with Crippen LogP contribution in [0, 0.1) is 0 Å². The van der Waals surface area contributed by atoms with Crippen molar-refractivity contribution in [2.24, 2.45) is 0 Å². The molecule has 0 amide bonds. The highest BCUT2D eigenvalue weighted by atomic mass is 35.5. The van der Waals surface area contributed by atoms with Crippen LogP contribution in [0.2, 0.25) is 0 Å². The second-order valence-corrected chi connectivity index (χ2v) is 2.19. The first-order valence-electron chi connectivity index (χ1n) is 2.41. The SMILES string of the molecule is CC(F)(F)CC(=O)CCl. The van der Waals surface area contributed by atoms with Crippen molar-refractivity contribution >= 4 is 17.4 Å². The van der Waals surface area contributed by atoms with Crippen molar-refractivity contribution in [3.8, 4) is 0 Å². The number of halogens is 3. The second-order valence-electron chi connectivity index (χ2n) is 1.92. The van der Waals surface area contributed by atoms with Gasteiger partial charge < -0.3 is 0 Å². The molecule has 54 valence electrons. The maximum Gasteiger partial charge on any atom is 0.252 e. The minimum absolute atomic E-state index is 0.330. The van der Waals surface area contributed by atoms with Crippen molar-refractivity contribution in [3.63, 3.8) is 0 Å². The molecule has 0 bridgehead atoms. The number of ketones is 1. The smallest absolute Gasteiger partial charge is 0.252 e. The normalized spacial score (nSPS) is 11.6. The molecule has 0 heterocycles.